The quantitative estimate of drug-likeness (QED) is 0.420. The molecular weight excluding hydrogens is 262 g/mol. The largest absolute Gasteiger partial charge is 1.00 e. The molecule has 0 N–H and O–H groups in total. The van der Waals surface area contributed by atoms with Gasteiger partial charge in [0.05, 0.1) is 26.4 Å². The SMILES string of the molecule is CCOC(=O)C[N+]1(CC)CCOCC1.[Br-]. The van der Waals surface area contributed by atoms with E-state index in [1.54, 1.807) is 0 Å². The van der Waals surface area contributed by atoms with Crippen molar-refractivity contribution in [2.45, 2.75) is 13.8 Å². The fraction of sp³-hybridized carbons (Fsp3) is 0.900. The van der Waals surface area contributed by atoms with Crippen LogP contribution in [-0.2, 0) is 14.3 Å². The van der Waals surface area contributed by atoms with Crippen molar-refractivity contribution < 1.29 is 35.7 Å². The van der Waals surface area contributed by atoms with E-state index in [4.69, 9.17) is 9.47 Å². The number of carbonyl (C=O) groups is 1. The second-order valence-electron chi connectivity index (χ2n) is 3.68. The van der Waals surface area contributed by atoms with Gasteiger partial charge >= 0.3 is 5.97 Å². The van der Waals surface area contributed by atoms with Gasteiger partial charge in [0.25, 0.3) is 0 Å². The van der Waals surface area contributed by atoms with Gasteiger partial charge in [-0.2, -0.15) is 0 Å². The monoisotopic (exact) mass is 281 g/mol. The Balaban J connectivity index is 0.00000196. The van der Waals surface area contributed by atoms with Gasteiger partial charge in [-0.15, -0.1) is 0 Å². The van der Waals surface area contributed by atoms with Crippen LogP contribution in [0.2, 0.25) is 0 Å². The van der Waals surface area contributed by atoms with Crippen LogP contribution in [0.25, 0.3) is 0 Å². The average Bonchev–Trinajstić information content (AvgIpc) is 2.19. The fourth-order valence-corrected chi connectivity index (χ4v) is 1.80. The van der Waals surface area contributed by atoms with Crippen LogP contribution in [0.15, 0.2) is 0 Å². The first-order valence-corrected chi connectivity index (χ1v) is 5.31. The van der Waals surface area contributed by atoms with Crippen molar-refractivity contribution in [2.24, 2.45) is 0 Å². The number of rotatable bonds is 4. The highest BCUT2D eigenvalue weighted by Crippen LogP contribution is 2.10. The molecule has 1 saturated heterocycles. The van der Waals surface area contributed by atoms with E-state index < -0.39 is 0 Å². The zero-order valence-corrected chi connectivity index (χ0v) is 11.1. The van der Waals surface area contributed by atoms with Gasteiger partial charge in [-0.05, 0) is 13.8 Å². The highest BCUT2D eigenvalue weighted by atomic mass is 79.9. The van der Waals surface area contributed by atoms with Gasteiger partial charge in [0.1, 0.15) is 13.1 Å². The molecule has 1 aliphatic rings. The molecule has 0 spiro atoms. The maximum Gasteiger partial charge on any atom is 0.361 e. The fourth-order valence-electron chi connectivity index (χ4n) is 1.80. The summed E-state index contributed by atoms with van der Waals surface area (Å²) in [5.74, 6) is -0.0868. The average molecular weight is 282 g/mol. The summed E-state index contributed by atoms with van der Waals surface area (Å²) < 4.78 is 11.1. The molecule has 0 aromatic heterocycles. The van der Waals surface area contributed by atoms with Crippen LogP contribution in [-0.4, -0.2) is 56.5 Å². The van der Waals surface area contributed by atoms with Crippen LogP contribution in [0.1, 0.15) is 13.8 Å². The van der Waals surface area contributed by atoms with Crippen molar-refractivity contribution in [3.05, 3.63) is 0 Å². The minimum absolute atomic E-state index is 0. The van der Waals surface area contributed by atoms with Gasteiger partial charge in [-0.25, -0.2) is 4.79 Å². The van der Waals surface area contributed by atoms with Gasteiger partial charge in [-0.1, -0.05) is 0 Å². The maximum absolute atomic E-state index is 11.4. The molecule has 0 saturated carbocycles. The molecule has 0 aliphatic carbocycles. The summed E-state index contributed by atoms with van der Waals surface area (Å²) >= 11 is 0. The van der Waals surface area contributed by atoms with Crippen LogP contribution in [0.5, 0.6) is 0 Å². The van der Waals surface area contributed by atoms with E-state index in [-0.39, 0.29) is 23.0 Å². The molecule has 15 heavy (non-hydrogen) atoms. The van der Waals surface area contributed by atoms with Crippen LogP contribution >= 0.6 is 0 Å². The molecular formula is C10H20BrNO3. The van der Waals surface area contributed by atoms with Crippen LogP contribution < -0.4 is 17.0 Å². The predicted molar refractivity (Wildman–Crippen MR) is 52.9 cm³/mol. The minimum atomic E-state index is -0.0868. The number of hydrogen-bond donors (Lipinski definition) is 0. The number of hydrogen-bond acceptors (Lipinski definition) is 3. The first kappa shape index (κ1) is 14.9. The summed E-state index contributed by atoms with van der Waals surface area (Å²) in [6.45, 7) is 9.26. The number of ether oxygens (including phenoxy) is 2. The molecule has 1 rings (SSSR count). The smallest absolute Gasteiger partial charge is 0.361 e. The van der Waals surface area contributed by atoms with Gasteiger partial charge < -0.3 is 30.9 Å². The minimum Gasteiger partial charge on any atom is -1.00 e. The van der Waals surface area contributed by atoms with Crippen molar-refractivity contribution >= 4 is 5.97 Å². The van der Waals surface area contributed by atoms with E-state index in [0.29, 0.717) is 13.2 Å². The lowest BCUT2D eigenvalue weighted by atomic mass is 10.3. The first-order valence-electron chi connectivity index (χ1n) is 5.31. The lowest BCUT2D eigenvalue weighted by Crippen LogP contribution is -3.00. The Bertz CT molecular complexity index is 193. The van der Waals surface area contributed by atoms with E-state index in [1.807, 2.05) is 6.92 Å². The van der Waals surface area contributed by atoms with E-state index in [0.717, 1.165) is 37.3 Å². The summed E-state index contributed by atoms with van der Waals surface area (Å²) in [5, 5.41) is 0. The lowest BCUT2D eigenvalue weighted by molar-refractivity contribution is -0.926. The van der Waals surface area contributed by atoms with Crippen molar-refractivity contribution in [1.82, 2.24) is 0 Å². The standard InChI is InChI=1S/C10H20NO3.BrH/c1-3-11(5-7-13-8-6-11)9-10(12)14-4-2;/h3-9H2,1-2H3;1H/q+1;/p-1. The third-order valence-electron chi connectivity index (χ3n) is 2.86. The Kier molecular flexibility index (Phi) is 7.13. The summed E-state index contributed by atoms with van der Waals surface area (Å²) in [6, 6.07) is 0. The normalized spacial score (nSPS) is 19.1. The molecule has 0 amide bonds. The third-order valence-corrected chi connectivity index (χ3v) is 2.86. The number of esters is 1. The number of nitrogens with zero attached hydrogens (tertiary/aromatic N) is 1. The Morgan fingerprint density at radius 2 is 1.93 bits per heavy atom. The first-order chi connectivity index (χ1) is 6.72. The molecule has 0 bridgehead atoms. The molecule has 1 aliphatic heterocycles. The Morgan fingerprint density at radius 1 is 1.33 bits per heavy atom. The van der Waals surface area contributed by atoms with Crippen molar-refractivity contribution in [3.63, 3.8) is 0 Å². The van der Waals surface area contributed by atoms with Gasteiger partial charge in [-0.3, -0.25) is 0 Å². The number of likely N-dealkylation sites (N-methyl/N-ethyl adjacent to an activating group) is 1. The maximum atomic E-state index is 11.4. The molecule has 0 radical (unpaired) electrons. The second-order valence-corrected chi connectivity index (χ2v) is 3.68. The number of carbonyl (C=O) groups excluding carboxylic acids is 1. The highest BCUT2D eigenvalue weighted by molar-refractivity contribution is 5.70. The number of halogens is 1. The topological polar surface area (TPSA) is 35.5 Å². The summed E-state index contributed by atoms with van der Waals surface area (Å²) in [7, 11) is 0. The van der Waals surface area contributed by atoms with Crippen LogP contribution in [0, 0.1) is 0 Å². The Hall–Kier alpha value is -0.130. The zero-order chi connectivity index (χ0) is 10.4. The van der Waals surface area contributed by atoms with Crippen LogP contribution in [0.4, 0.5) is 0 Å². The van der Waals surface area contributed by atoms with Gasteiger partial charge in [0, 0.05) is 0 Å². The van der Waals surface area contributed by atoms with E-state index >= 15 is 0 Å². The molecule has 4 nitrogen and oxygen atoms in total. The summed E-state index contributed by atoms with van der Waals surface area (Å²) in [6.07, 6.45) is 0. The molecule has 5 heteroatoms. The van der Waals surface area contributed by atoms with E-state index in [9.17, 15) is 4.79 Å². The molecule has 1 fully saturated rings. The number of morpholine rings is 1. The van der Waals surface area contributed by atoms with Crippen molar-refractivity contribution in [1.29, 1.82) is 0 Å². The molecule has 0 unspecified atom stereocenters. The predicted octanol–water partition coefficient (Wildman–Crippen LogP) is -2.58. The van der Waals surface area contributed by atoms with Gasteiger partial charge in [0.15, 0.2) is 6.54 Å². The second kappa shape index (κ2) is 7.19. The lowest BCUT2D eigenvalue weighted by Gasteiger charge is -2.39. The van der Waals surface area contributed by atoms with E-state index in [1.165, 1.54) is 0 Å². The van der Waals surface area contributed by atoms with Gasteiger partial charge in [0.2, 0.25) is 0 Å². The Morgan fingerprint density at radius 3 is 2.40 bits per heavy atom. The summed E-state index contributed by atoms with van der Waals surface area (Å²) in [4.78, 5) is 11.4. The Labute approximate surface area is 102 Å². The zero-order valence-electron chi connectivity index (χ0n) is 9.50. The van der Waals surface area contributed by atoms with E-state index in [2.05, 4.69) is 6.92 Å². The third kappa shape index (κ3) is 4.49. The molecule has 90 valence electrons. The highest BCUT2D eigenvalue weighted by Gasteiger charge is 2.31. The molecule has 0 aromatic rings. The van der Waals surface area contributed by atoms with Crippen LogP contribution in [0.3, 0.4) is 0 Å². The summed E-state index contributed by atoms with van der Waals surface area (Å²) in [5.41, 5.74) is 0. The molecule has 0 atom stereocenters. The number of quaternary nitrogens is 1. The van der Waals surface area contributed by atoms with Crippen molar-refractivity contribution in [2.75, 3.05) is 46.0 Å². The van der Waals surface area contributed by atoms with Crippen molar-refractivity contribution in [3.8, 4) is 0 Å². The molecule has 1 heterocycles. The molecule has 0 aromatic carbocycles.